The molecule has 0 bridgehead atoms. The number of nitrogens with zero attached hydrogens (tertiary/aromatic N) is 1. The molecule has 0 aliphatic carbocycles. The molecule has 1 heterocycles. The molecule has 0 aliphatic rings. The van der Waals surface area contributed by atoms with Crippen molar-refractivity contribution in [1.29, 1.82) is 0 Å². The van der Waals surface area contributed by atoms with Gasteiger partial charge in [0.2, 0.25) is 0 Å². The van der Waals surface area contributed by atoms with Gasteiger partial charge in [-0.2, -0.15) is 13.2 Å². The number of aromatic nitrogens is 1. The lowest BCUT2D eigenvalue weighted by molar-refractivity contribution is -0.137. The zero-order valence-corrected chi connectivity index (χ0v) is 12.4. The molecule has 0 saturated carbocycles. The van der Waals surface area contributed by atoms with Gasteiger partial charge in [0.05, 0.1) is 16.6 Å². The molecule has 1 unspecified atom stereocenters. The Hall–Kier alpha value is -1.95. The molecule has 0 amide bonds. The second kappa shape index (κ2) is 6.44. The summed E-state index contributed by atoms with van der Waals surface area (Å²) < 4.78 is 37.8. The summed E-state index contributed by atoms with van der Waals surface area (Å²) in [5.74, 6) is 0.245. The Morgan fingerprint density at radius 2 is 2.00 bits per heavy atom. The molecule has 1 aromatic carbocycles. The van der Waals surface area contributed by atoms with Crippen LogP contribution >= 0.6 is 11.6 Å². The SMILES string of the molecule is CCC(Nc1ncc(C(F)(F)F)cc1Cl)c1ccccc1O. The first-order valence-corrected chi connectivity index (χ1v) is 6.98. The molecule has 2 rings (SSSR count). The van der Waals surface area contributed by atoms with Crippen LogP contribution in [0.1, 0.15) is 30.5 Å². The lowest BCUT2D eigenvalue weighted by Crippen LogP contribution is -2.12. The number of benzene rings is 1. The number of rotatable bonds is 4. The van der Waals surface area contributed by atoms with Gasteiger partial charge < -0.3 is 10.4 Å². The van der Waals surface area contributed by atoms with Crippen molar-refractivity contribution in [3.05, 3.63) is 52.7 Å². The minimum atomic E-state index is -4.49. The number of halogens is 4. The van der Waals surface area contributed by atoms with Crippen molar-refractivity contribution in [3.8, 4) is 5.75 Å². The normalized spacial score (nSPS) is 13.0. The number of aromatic hydroxyl groups is 1. The Balaban J connectivity index is 2.27. The smallest absolute Gasteiger partial charge is 0.417 e. The van der Waals surface area contributed by atoms with Gasteiger partial charge in [-0.3, -0.25) is 0 Å². The minimum Gasteiger partial charge on any atom is -0.508 e. The van der Waals surface area contributed by atoms with Crippen LogP contribution in [-0.4, -0.2) is 10.1 Å². The third-order valence-electron chi connectivity index (χ3n) is 3.20. The molecule has 0 saturated heterocycles. The van der Waals surface area contributed by atoms with Gasteiger partial charge in [0.15, 0.2) is 0 Å². The molecule has 0 fully saturated rings. The van der Waals surface area contributed by atoms with E-state index in [1.807, 2.05) is 6.92 Å². The number of nitrogens with one attached hydrogen (secondary N) is 1. The molecule has 7 heteroatoms. The van der Waals surface area contributed by atoms with Crippen LogP contribution in [0, 0.1) is 0 Å². The molecule has 0 aliphatic heterocycles. The zero-order chi connectivity index (χ0) is 16.3. The quantitative estimate of drug-likeness (QED) is 0.827. The van der Waals surface area contributed by atoms with Crippen LogP contribution in [0.3, 0.4) is 0 Å². The van der Waals surface area contributed by atoms with Crippen LogP contribution in [-0.2, 0) is 6.18 Å². The van der Waals surface area contributed by atoms with Crippen molar-refractivity contribution in [2.75, 3.05) is 5.32 Å². The van der Waals surface area contributed by atoms with Crippen molar-refractivity contribution in [1.82, 2.24) is 4.98 Å². The van der Waals surface area contributed by atoms with Crippen LogP contribution in [0.2, 0.25) is 5.02 Å². The number of anilines is 1. The van der Waals surface area contributed by atoms with E-state index in [2.05, 4.69) is 10.3 Å². The first-order chi connectivity index (χ1) is 10.3. The summed E-state index contributed by atoms with van der Waals surface area (Å²) in [7, 11) is 0. The first kappa shape index (κ1) is 16.4. The van der Waals surface area contributed by atoms with E-state index < -0.39 is 11.7 Å². The van der Waals surface area contributed by atoms with E-state index in [1.165, 1.54) is 0 Å². The molecule has 1 atom stereocenters. The van der Waals surface area contributed by atoms with Gasteiger partial charge in [-0.15, -0.1) is 0 Å². The van der Waals surface area contributed by atoms with Gasteiger partial charge in [0, 0.05) is 11.8 Å². The largest absolute Gasteiger partial charge is 0.508 e. The van der Waals surface area contributed by atoms with E-state index in [1.54, 1.807) is 24.3 Å². The summed E-state index contributed by atoms with van der Waals surface area (Å²) in [5, 5.41) is 12.7. The molecule has 3 nitrogen and oxygen atoms in total. The van der Waals surface area contributed by atoms with E-state index in [-0.39, 0.29) is 22.6 Å². The Morgan fingerprint density at radius 1 is 1.32 bits per heavy atom. The van der Waals surface area contributed by atoms with E-state index in [4.69, 9.17) is 11.6 Å². The second-order valence-corrected chi connectivity index (χ2v) is 5.12. The topological polar surface area (TPSA) is 45.2 Å². The third kappa shape index (κ3) is 3.62. The second-order valence-electron chi connectivity index (χ2n) is 4.72. The lowest BCUT2D eigenvalue weighted by Gasteiger charge is -2.20. The average molecular weight is 331 g/mol. The van der Waals surface area contributed by atoms with Crippen molar-refractivity contribution in [2.45, 2.75) is 25.6 Å². The van der Waals surface area contributed by atoms with Gasteiger partial charge in [-0.05, 0) is 18.6 Å². The molecule has 2 aromatic rings. The summed E-state index contributed by atoms with van der Waals surface area (Å²) in [6, 6.07) is 7.24. The first-order valence-electron chi connectivity index (χ1n) is 6.60. The van der Waals surface area contributed by atoms with Gasteiger partial charge in [0.25, 0.3) is 0 Å². The van der Waals surface area contributed by atoms with Gasteiger partial charge in [0.1, 0.15) is 11.6 Å². The summed E-state index contributed by atoms with van der Waals surface area (Å²) in [5.41, 5.74) is -0.276. The Labute approximate surface area is 130 Å². The molecule has 1 aromatic heterocycles. The monoisotopic (exact) mass is 330 g/mol. The molecular formula is C15H14ClF3N2O. The standard InChI is InChI=1S/C15H14ClF3N2O/c1-2-12(10-5-3-4-6-13(10)22)21-14-11(16)7-9(8-20-14)15(17,18)19/h3-8,12,22H,2H2,1H3,(H,20,21). The molecule has 2 N–H and O–H groups in total. The van der Waals surface area contributed by atoms with Gasteiger partial charge in [-0.1, -0.05) is 36.7 Å². The van der Waals surface area contributed by atoms with Crippen LogP contribution in [0.5, 0.6) is 5.75 Å². The Kier molecular flexibility index (Phi) is 4.81. The van der Waals surface area contributed by atoms with E-state index in [0.29, 0.717) is 12.0 Å². The van der Waals surface area contributed by atoms with E-state index in [9.17, 15) is 18.3 Å². The van der Waals surface area contributed by atoms with Crippen molar-refractivity contribution in [2.24, 2.45) is 0 Å². The molecule has 0 radical (unpaired) electrons. The fraction of sp³-hybridized carbons (Fsp3) is 0.267. The van der Waals surface area contributed by atoms with Gasteiger partial charge in [-0.25, -0.2) is 4.98 Å². The number of hydrogen-bond donors (Lipinski definition) is 2. The average Bonchev–Trinajstić information content (AvgIpc) is 2.46. The number of hydrogen-bond acceptors (Lipinski definition) is 3. The predicted molar refractivity (Wildman–Crippen MR) is 79.0 cm³/mol. The number of phenolic OH excluding ortho intramolecular Hbond substituents is 1. The highest BCUT2D eigenvalue weighted by Gasteiger charge is 2.31. The highest BCUT2D eigenvalue weighted by atomic mass is 35.5. The fourth-order valence-electron chi connectivity index (χ4n) is 2.05. The number of para-hydroxylation sites is 1. The maximum atomic E-state index is 12.6. The highest BCUT2D eigenvalue weighted by molar-refractivity contribution is 6.33. The number of phenols is 1. The van der Waals surface area contributed by atoms with Gasteiger partial charge >= 0.3 is 6.18 Å². The van der Waals surface area contributed by atoms with Crippen LogP contribution < -0.4 is 5.32 Å². The summed E-state index contributed by atoms with van der Waals surface area (Å²) in [6.45, 7) is 1.88. The maximum Gasteiger partial charge on any atom is 0.417 e. The van der Waals surface area contributed by atoms with E-state index >= 15 is 0 Å². The summed E-state index contributed by atoms with van der Waals surface area (Å²) in [4.78, 5) is 3.74. The zero-order valence-electron chi connectivity index (χ0n) is 11.7. The lowest BCUT2D eigenvalue weighted by atomic mass is 10.0. The van der Waals surface area contributed by atoms with E-state index in [0.717, 1.165) is 12.3 Å². The Morgan fingerprint density at radius 3 is 2.55 bits per heavy atom. The Bertz CT molecular complexity index is 661. The van der Waals surface area contributed by atoms with Crippen LogP contribution in [0.15, 0.2) is 36.5 Å². The molecule has 118 valence electrons. The molecular weight excluding hydrogens is 317 g/mol. The number of pyridine rings is 1. The fourth-order valence-corrected chi connectivity index (χ4v) is 2.27. The van der Waals surface area contributed by atoms with Crippen LogP contribution in [0.25, 0.3) is 0 Å². The molecule has 22 heavy (non-hydrogen) atoms. The van der Waals surface area contributed by atoms with Crippen molar-refractivity contribution >= 4 is 17.4 Å². The van der Waals surface area contributed by atoms with Crippen LogP contribution in [0.4, 0.5) is 19.0 Å². The maximum absolute atomic E-state index is 12.6. The minimum absolute atomic E-state index is 0.102. The summed E-state index contributed by atoms with van der Waals surface area (Å²) >= 11 is 5.88. The van der Waals surface area contributed by atoms with Crippen molar-refractivity contribution < 1.29 is 18.3 Å². The summed E-state index contributed by atoms with van der Waals surface area (Å²) in [6.07, 6.45) is -3.17. The highest BCUT2D eigenvalue weighted by Crippen LogP contribution is 2.34. The number of alkyl halides is 3. The van der Waals surface area contributed by atoms with Crippen molar-refractivity contribution in [3.63, 3.8) is 0 Å². The predicted octanol–water partition coefficient (Wildman–Crippen LogP) is 5.02. The third-order valence-corrected chi connectivity index (χ3v) is 3.49. The molecule has 0 spiro atoms.